The van der Waals surface area contributed by atoms with Gasteiger partial charge in [0.05, 0.1) is 11.0 Å². The second-order valence-electron chi connectivity index (χ2n) is 10.4. The Hall–Kier alpha value is -4.09. The summed E-state index contributed by atoms with van der Waals surface area (Å²) in [5.74, 6) is 0.953. The molecule has 216 valence electrons. The number of fused-ring (bicyclic) bond motifs is 4. The lowest BCUT2D eigenvalue weighted by Gasteiger charge is -2.18. The first-order chi connectivity index (χ1) is 20.3. The molecule has 0 atom stereocenters. The molecule has 4 aromatic rings. The lowest BCUT2D eigenvalue weighted by atomic mass is 9.93. The molecule has 0 unspecified atom stereocenters. The van der Waals surface area contributed by atoms with E-state index in [2.05, 4.69) is 25.7 Å². The highest BCUT2D eigenvalue weighted by atomic mass is 32.2. The van der Waals surface area contributed by atoms with Crippen molar-refractivity contribution in [3.8, 4) is 11.1 Å². The maximum absolute atomic E-state index is 13.2. The highest BCUT2D eigenvalue weighted by molar-refractivity contribution is 7.97. The lowest BCUT2D eigenvalue weighted by molar-refractivity contribution is -0.137. The fourth-order valence-electron chi connectivity index (χ4n) is 4.97. The van der Waals surface area contributed by atoms with Gasteiger partial charge in [0.2, 0.25) is 11.9 Å². The molecule has 2 heterocycles. The van der Waals surface area contributed by atoms with Crippen LogP contribution in [0.1, 0.15) is 36.0 Å². The average molecular weight is 591 g/mol. The number of amides is 1. The summed E-state index contributed by atoms with van der Waals surface area (Å²) < 4.78 is 43.0. The van der Waals surface area contributed by atoms with Gasteiger partial charge >= 0.3 is 6.18 Å². The second kappa shape index (κ2) is 11.7. The second-order valence-corrected chi connectivity index (χ2v) is 11.4. The van der Waals surface area contributed by atoms with Crippen LogP contribution in [-0.4, -0.2) is 29.0 Å². The van der Waals surface area contributed by atoms with E-state index in [4.69, 9.17) is 4.98 Å². The maximum atomic E-state index is 13.2. The van der Waals surface area contributed by atoms with Crippen LogP contribution >= 0.6 is 11.9 Å². The van der Waals surface area contributed by atoms with E-state index in [9.17, 15) is 18.0 Å². The molecule has 0 spiro atoms. The Morgan fingerprint density at radius 2 is 1.81 bits per heavy atom. The Morgan fingerprint density at radius 1 is 1.00 bits per heavy atom. The molecule has 1 aliphatic carbocycles. The van der Waals surface area contributed by atoms with Crippen LogP contribution in [0.4, 0.5) is 30.6 Å². The molecule has 4 N–H and O–H groups in total. The predicted octanol–water partition coefficient (Wildman–Crippen LogP) is 6.67. The number of alkyl halides is 3. The third-order valence-corrected chi connectivity index (χ3v) is 8.30. The molecule has 2 aliphatic rings. The van der Waals surface area contributed by atoms with Gasteiger partial charge in [0.25, 0.3) is 0 Å². The van der Waals surface area contributed by atoms with Gasteiger partial charge in [-0.1, -0.05) is 48.5 Å². The first-order valence-corrected chi connectivity index (χ1v) is 14.5. The van der Waals surface area contributed by atoms with Crippen LogP contribution in [-0.2, 0) is 22.9 Å². The van der Waals surface area contributed by atoms with E-state index >= 15 is 0 Å². The molecule has 7 nitrogen and oxygen atoms in total. The summed E-state index contributed by atoms with van der Waals surface area (Å²) in [5.41, 5.74) is 2.32. The van der Waals surface area contributed by atoms with E-state index in [1.54, 1.807) is 24.2 Å². The van der Waals surface area contributed by atoms with E-state index in [1.165, 1.54) is 6.07 Å². The molecule has 42 heavy (non-hydrogen) atoms. The Bertz CT molecular complexity index is 1590. The topological polar surface area (TPSA) is 91.0 Å². The molecule has 0 saturated heterocycles. The molecular formula is C31H29F3N6OS. The quantitative estimate of drug-likeness (QED) is 0.193. The summed E-state index contributed by atoms with van der Waals surface area (Å²) in [7, 11) is 0. The van der Waals surface area contributed by atoms with Crippen LogP contribution in [0.2, 0.25) is 0 Å². The molecule has 1 fully saturated rings. The van der Waals surface area contributed by atoms with Gasteiger partial charge in [-0.3, -0.25) is 9.52 Å². The number of carbonyl (C=O) groups excluding carboxylic acids is 1. The minimum Gasteiger partial charge on any atom is -0.369 e. The lowest BCUT2D eigenvalue weighted by Crippen LogP contribution is -2.34. The van der Waals surface area contributed by atoms with Gasteiger partial charge in [0.15, 0.2) is 0 Å². The third kappa shape index (κ3) is 6.22. The number of aromatic nitrogens is 2. The number of rotatable bonds is 5. The largest absolute Gasteiger partial charge is 0.416 e. The monoisotopic (exact) mass is 590 g/mol. The highest BCUT2D eigenvalue weighted by Gasteiger charge is 2.51. The minimum atomic E-state index is -4.45. The van der Waals surface area contributed by atoms with Gasteiger partial charge in [-0.15, -0.1) is 0 Å². The summed E-state index contributed by atoms with van der Waals surface area (Å²) >= 11 is 1.59. The summed E-state index contributed by atoms with van der Waals surface area (Å²) in [6.07, 6.45) is -0.700. The smallest absolute Gasteiger partial charge is 0.369 e. The van der Waals surface area contributed by atoms with E-state index < -0.39 is 17.2 Å². The molecule has 0 radical (unpaired) electrons. The van der Waals surface area contributed by atoms with Crippen molar-refractivity contribution < 1.29 is 18.0 Å². The molecule has 1 aliphatic heterocycles. The van der Waals surface area contributed by atoms with E-state index in [0.717, 1.165) is 58.9 Å². The fraction of sp³-hybridized carbons (Fsp3) is 0.258. The van der Waals surface area contributed by atoms with E-state index in [-0.39, 0.29) is 12.5 Å². The number of anilines is 3. The number of carbonyl (C=O) groups is 1. The van der Waals surface area contributed by atoms with Crippen LogP contribution in [0.5, 0.6) is 0 Å². The zero-order valence-corrected chi connectivity index (χ0v) is 23.4. The van der Waals surface area contributed by atoms with Crippen molar-refractivity contribution in [1.29, 1.82) is 0 Å². The normalized spacial score (nSPS) is 16.1. The summed E-state index contributed by atoms with van der Waals surface area (Å²) in [6, 6.07) is 20.9. The van der Waals surface area contributed by atoms with Crippen LogP contribution in [0.25, 0.3) is 11.1 Å². The summed E-state index contributed by atoms with van der Waals surface area (Å²) in [5, 5.41) is 9.64. The fourth-order valence-corrected chi connectivity index (χ4v) is 5.72. The molecule has 3 aromatic carbocycles. The number of hydrogen-bond donors (Lipinski definition) is 4. The SMILES string of the molecule is O=C(NCc1ccc(-c2cnc3nc2NCCCNSc2cccc(c2)N3)cc1)C1(c2cccc(C(F)(F)F)c2)CC1. The number of nitrogens with one attached hydrogen (secondary N) is 4. The first kappa shape index (κ1) is 28.0. The van der Waals surface area contributed by atoms with Crippen molar-refractivity contribution in [2.24, 2.45) is 0 Å². The molecule has 11 heteroatoms. The Kier molecular flexibility index (Phi) is 7.78. The number of benzene rings is 3. The zero-order chi connectivity index (χ0) is 29.2. The zero-order valence-electron chi connectivity index (χ0n) is 22.6. The standard InChI is InChI=1S/C31H29F3N6OS/c32-31(33,34)23-5-1-4-22(16-23)30(12-13-30)28(41)36-18-20-8-10-21(11-9-20)26-19-37-29-39-24-6-2-7-25(17-24)42-38-15-3-14-35-27(26)40-29/h1-2,4-11,16-17,19,38H,3,12-15,18H2,(H,36,41)(H2,35,37,39,40). The Labute approximate surface area is 245 Å². The van der Waals surface area contributed by atoms with Crippen LogP contribution in [0.15, 0.2) is 83.9 Å². The van der Waals surface area contributed by atoms with Crippen LogP contribution in [0.3, 0.4) is 0 Å². The van der Waals surface area contributed by atoms with Crippen molar-refractivity contribution in [2.75, 3.05) is 23.7 Å². The van der Waals surface area contributed by atoms with Gasteiger partial charge in [0.1, 0.15) is 5.82 Å². The van der Waals surface area contributed by atoms with Gasteiger partial charge < -0.3 is 16.0 Å². The molecule has 1 aromatic heterocycles. The van der Waals surface area contributed by atoms with Crippen molar-refractivity contribution >= 4 is 35.3 Å². The van der Waals surface area contributed by atoms with Crippen molar-refractivity contribution in [3.05, 3.63) is 95.7 Å². The van der Waals surface area contributed by atoms with E-state index in [1.807, 2.05) is 48.5 Å². The summed E-state index contributed by atoms with van der Waals surface area (Å²) in [4.78, 5) is 23.5. The number of hydrogen-bond acceptors (Lipinski definition) is 7. The van der Waals surface area contributed by atoms with Crippen molar-refractivity contribution in [3.63, 3.8) is 0 Å². The number of nitrogens with zero attached hydrogens (tertiary/aromatic N) is 2. The van der Waals surface area contributed by atoms with Crippen molar-refractivity contribution in [1.82, 2.24) is 20.0 Å². The number of halogens is 3. The van der Waals surface area contributed by atoms with Crippen LogP contribution < -0.4 is 20.7 Å². The Morgan fingerprint density at radius 3 is 2.60 bits per heavy atom. The molecular weight excluding hydrogens is 561 g/mol. The van der Waals surface area contributed by atoms with Crippen LogP contribution in [0, 0.1) is 0 Å². The average Bonchev–Trinajstić information content (AvgIpc) is 3.80. The maximum Gasteiger partial charge on any atom is 0.416 e. The van der Waals surface area contributed by atoms with Gasteiger partial charge in [0, 0.05) is 42.0 Å². The highest BCUT2D eigenvalue weighted by Crippen LogP contribution is 2.49. The molecule has 4 bridgehead atoms. The molecule has 1 saturated carbocycles. The molecule has 1 amide bonds. The molecule has 6 rings (SSSR count). The van der Waals surface area contributed by atoms with E-state index in [0.29, 0.717) is 30.2 Å². The van der Waals surface area contributed by atoms with Gasteiger partial charge in [-0.05, 0) is 72.2 Å². The van der Waals surface area contributed by atoms with Crippen molar-refractivity contribution in [2.45, 2.75) is 42.3 Å². The minimum absolute atomic E-state index is 0.253. The third-order valence-electron chi connectivity index (χ3n) is 7.46. The first-order valence-electron chi connectivity index (χ1n) is 13.7. The summed E-state index contributed by atoms with van der Waals surface area (Å²) in [6.45, 7) is 1.83. The Balaban J connectivity index is 1.15. The van der Waals surface area contributed by atoms with Gasteiger partial charge in [-0.25, -0.2) is 4.98 Å². The van der Waals surface area contributed by atoms with Gasteiger partial charge in [-0.2, -0.15) is 18.2 Å². The predicted molar refractivity (Wildman–Crippen MR) is 158 cm³/mol.